The number of carbonyl (C=O) groups excluding carboxylic acids is 2. The van der Waals surface area contributed by atoms with Gasteiger partial charge in [-0.3, -0.25) is 19.7 Å². The molecule has 0 aromatic heterocycles. The molecule has 0 aliphatic carbocycles. The standard InChI is InChI=1S/C23H19Cl2N3O6S/c1-3-34-20-16(24)8-13(9-17(20)25)18-15(10-26)22(27-21(29)19(18)23(30)33-2)35-11-12-4-6-14(7-5-12)28(31)32/h4-9,18-19H,3,11H2,1-2H3,(H,27,29)/t18-,19-/m0/s1. The van der Waals surface area contributed by atoms with E-state index in [1.165, 1.54) is 24.3 Å². The lowest BCUT2D eigenvalue weighted by atomic mass is 9.78. The third kappa shape index (κ3) is 5.70. The molecule has 1 heterocycles. The molecule has 182 valence electrons. The number of esters is 1. The average molecular weight is 536 g/mol. The molecule has 0 bridgehead atoms. The number of rotatable bonds is 8. The van der Waals surface area contributed by atoms with Crippen LogP contribution >= 0.6 is 35.0 Å². The first kappa shape index (κ1) is 26.3. The summed E-state index contributed by atoms with van der Waals surface area (Å²) in [6.07, 6.45) is 0. The molecule has 12 heteroatoms. The number of amides is 1. The number of halogens is 2. The molecule has 0 radical (unpaired) electrons. The summed E-state index contributed by atoms with van der Waals surface area (Å²) in [4.78, 5) is 35.9. The van der Waals surface area contributed by atoms with Gasteiger partial charge in [0.05, 0.1) is 45.4 Å². The Morgan fingerprint density at radius 1 is 1.26 bits per heavy atom. The Kier molecular flexibility index (Phi) is 8.62. The van der Waals surface area contributed by atoms with Crippen LogP contribution in [0.2, 0.25) is 10.0 Å². The Bertz CT molecular complexity index is 1220. The number of hydrogen-bond donors (Lipinski definition) is 1. The minimum atomic E-state index is -1.34. The van der Waals surface area contributed by atoms with Gasteiger partial charge in [0.1, 0.15) is 5.92 Å². The van der Waals surface area contributed by atoms with Crippen molar-refractivity contribution in [3.05, 3.63) is 78.3 Å². The van der Waals surface area contributed by atoms with Crippen LogP contribution in [-0.4, -0.2) is 30.5 Å². The molecule has 1 amide bonds. The summed E-state index contributed by atoms with van der Waals surface area (Å²) in [7, 11) is 1.15. The molecule has 2 aromatic rings. The number of thioether (sulfide) groups is 1. The number of hydrogen-bond acceptors (Lipinski definition) is 8. The molecule has 1 aliphatic rings. The van der Waals surface area contributed by atoms with Crippen molar-refractivity contribution >= 4 is 52.5 Å². The fourth-order valence-electron chi connectivity index (χ4n) is 3.59. The number of allylic oxidation sites excluding steroid dienone is 1. The number of carbonyl (C=O) groups is 2. The van der Waals surface area contributed by atoms with Crippen LogP contribution in [0.1, 0.15) is 24.0 Å². The molecular weight excluding hydrogens is 517 g/mol. The van der Waals surface area contributed by atoms with Crippen LogP contribution in [-0.2, 0) is 20.1 Å². The second kappa shape index (κ2) is 11.4. The minimum Gasteiger partial charge on any atom is -0.491 e. The van der Waals surface area contributed by atoms with E-state index in [0.29, 0.717) is 17.9 Å². The van der Waals surface area contributed by atoms with Crippen molar-refractivity contribution in [1.29, 1.82) is 5.26 Å². The van der Waals surface area contributed by atoms with Crippen molar-refractivity contribution in [3.63, 3.8) is 0 Å². The summed E-state index contributed by atoms with van der Waals surface area (Å²) >= 11 is 13.9. The van der Waals surface area contributed by atoms with Crippen molar-refractivity contribution in [2.24, 2.45) is 5.92 Å². The molecule has 0 saturated heterocycles. The molecule has 0 spiro atoms. The Balaban J connectivity index is 2.04. The number of nitriles is 1. The number of nitrogens with one attached hydrogen (secondary N) is 1. The van der Waals surface area contributed by atoms with E-state index >= 15 is 0 Å². The molecule has 3 rings (SSSR count). The topological polar surface area (TPSA) is 132 Å². The predicted molar refractivity (Wildman–Crippen MR) is 131 cm³/mol. The molecule has 0 saturated carbocycles. The van der Waals surface area contributed by atoms with Crippen LogP contribution in [0, 0.1) is 27.4 Å². The predicted octanol–water partition coefficient (Wildman–Crippen LogP) is 4.97. The van der Waals surface area contributed by atoms with Crippen molar-refractivity contribution in [2.45, 2.75) is 18.6 Å². The van der Waals surface area contributed by atoms with Crippen molar-refractivity contribution in [1.82, 2.24) is 5.32 Å². The summed E-state index contributed by atoms with van der Waals surface area (Å²) in [6.45, 7) is 2.09. The number of methoxy groups -OCH3 is 1. The molecule has 0 fully saturated rings. The summed E-state index contributed by atoms with van der Waals surface area (Å²) in [5, 5.41) is 24.1. The number of non-ortho nitro benzene ring substituents is 1. The fourth-order valence-corrected chi connectivity index (χ4v) is 5.21. The maximum atomic E-state index is 13.0. The number of ether oxygens (including phenoxy) is 2. The van der Waals surface area contributed by atoms with Crippen molar-refractivity contribution in [3.8, 4) is 11.8 Å². The second-order valence-electron chi connectivity index (χ2n) is 7.28. The van der Waals surface area contributed by atoms with Crippen LogP contribution in [0.15, 0.2) is 47.0 Å². The smallest absolute Gasteiger partial charge is 0.319 e. The van der Waals surface area contributed by atoms with E-state index in [0.717, 1.165) is 24.4 Å². The zero-order chi connectivity index (χ0) is 25.7. The molecule has 2 aromatic carbocycles. The Morgan fingerprint density at radius 2 is 1.89 bits per heavy atom. The maximum absolute atomic E-state index is 13.0. The number of benzene rings is 2. The monoisotopic (exact) mass is 535 g/mol. The van der Waals surface area contributed by atoms with E-state index < -0.39 is 28.6 Å². The van der Waals surface area contributed by atoms with E-state index in [4.69, 9.17) is 32.7 Å². The largest absolute Gasteiger partial charge is 0.491 e. The summed E-state index contributed by atoms with van der Waals surface area (Å²) in [5.74, 6) is -3.26. The third-order valence-corrected chi connectivity index (χ3v) is 6.83. The van der Waals surface area contributed by atoms with Crippen LogP contribution in [0.5, 0.6) is 5.75 Å². The summed E-state index contributed by atoms with van der Waals surface area (Å²) < 4.78 is 10.3. The Morgan fingerprint density at radius 3 is 2.40 bits per heavy atom. The van der Waals surface area contributed by atoms with Gasteiger partial charge in [-0.15, -0.1) is 11.8 Å². The van der Waals surface area contributed by atoms with E-state index in [1.807, 2.05) is 0 Å². The highest BCUT2D eigenvalue weighted by atomic mass is 35.5. The van der Waals surface area contributed by atoms with E-state index in [2.05, 4.69) is 11.4 Å². The Labute approximate surface area is 215 Å². The molecule has 1 N–H and O–H groups in total. The first-order chi connectivity index (χ1) is 16.7. The molecule has 35 heavy (non-hydrogen) atoms. The molecule has 1 aliphatic heterocycles. The molecule has 0 unspecified atom stereocenters. The van der Waals surface area contributed by atoms with E-state index in [1.54, 1.807) is 19.1 Å². The number of nitro groups is 1. The van der Waals surface area contributed by atoms with Gasteiger partial charge in [-0.05, 0) is 30.2 Å². The molecule has 2 atom stereocenters. The average Bonchev–Trinajstić information content (AvgIpc) is 2.84. The minimum absolute atomic E-state index is 0.0492. The zero-order valence-electron chi connectivity index (χ0n) is 18.5. The molecular formula is C23H19Cl2N3O6S. The van der Waals surface area contributed by atoms with Crippen LogP contribution in [0.3, 0.4) is 0 Å². The lowest BCUT2D eigenvalue weighted by Gasteiger charge is -2.31. The second-order valence-corrected chi connectivity index (χ2v) is 9.08. The number of nitrogens with zero attached hydrogens (tertiary/aromatic N) is 2. The van der Waals surface area contributed by atoms with Gasteiger partial charge in [0.25, 0.3) is 5.69 Å². The highest BCUT2D eigenvalue weighted by Crippen LogP contribution is 2.44. The maximum Gasteiger partial charge on any atom is 0.319 e. The van der Waals surface area contributed by atoms with Crippen molar-refractivity contribution in [2.75, 3.05) is 13.7 Å². The quantitative estimate of drug-likeness (QED) is 0.217. The van der Waals surface area contributed by atoms with Gasteiger partial charge < -0.3 is 14.8 Å². The van der Waals surface area contributed by atoms with Gasteiger partial charge >= 0.3 is 5.97 Å². The van der Waals surface area contributed by atoms with E-state index in [9.17, 15) is 25.0 Å². The lowest BCUT2D eigenvalue weighted by Crippen LogP contribution is -2.44. The summed E-state index contributed by atoms with van der Waals surface area (Å²) in [5.41, 5.74) is 1.19. The van der Waals surface area contributed by atoms with E-state index in [-0.39, 0.29) is 32.1 Å². The lowest BCUT2D eigenvalue weighted by molar-refractivity contribution is -0.384. The number of nitro benzene ring substituents is 1. The van der Waals surface area contributed by atoms with Gasteiger partial charge in [-0.25, -0.2) is 0 Å². The highest BCUT2D eigenvalue weighted by molar-refractivity contribution is 8.02. The SMILES string of the molecule is CCOc1c(Cl)cc([C@H]2C(C#N)=C(SCc3ccc([N+](=O)[O-])cc3)NC(=O)[C@H]2C(=O)OC)cc1Cl. The van der Waals surface area contributed by atoms with Crippen LogP contribution < -0.4 is 10.1 Å². The Hall–Kier alpha value is -3.26. The fraction of sp³-hybridized carbons (Fsp3) is 0.261. The normalized spacial score (nSPS) is 17.4. The van der Waals surface area contributed by atoms with Crippen molar-refractivity contribution < 1.29 is 24.0 Å². The van der Waals surface area contributed by atoms with Gasteiger partial charge in [-0.1, -0.05) is 35.3 Å². The van der Waals surface area contributed by atoms with Gasteiger partial charge in [0.2, 0.25) is 5.91 Å². The van der Waals surface area contributed by atoms with Crippen LogP contribution in [0.25, 0.3) is 0 Å². The molecule has 9 nitrogen and oxygen atoms in total. The third-order valence-electron chi connectivity index (χ3n) is 5.18. The van der Waals surface area contributed by atoms with Gasteiger partial charge in [-0.2, -0.15) is 5.26 Å². The highest BCUT2D eigenvalue weighted by Gasteiger charge is 2.44. The zero-order valence-corrected chi connectivity index (χ0v) is 20.9. The van der Waals surface area contributed by atoms with Gasteiger partial charge in [0, 0.05) is 23.8 Å². The first-order valence-corrected chi connectivity index (χ1v) is 12.0. The van der Waals surface area contributed by atoms with Gasteiger partial charge in [0.15, 0.2) is 5.75 Å². The summed E-state index contributed by atoms with van der Waals surface area (Å²) in [6, 6.07) is 11.0. The van der Waals surface area contributed by atoms with Crippen LogP contribution in [0.4, 0.5) is 5.69 Å². The first-order valence-electron chi connectivity index (χ1n) is 10.2.